The minimum atomic E-state index is -1.84. The third kappa shape index (κ3) is 20.7. The normalized spacial score (nSPS) is 25.0. The van der Waals surface area contributed by atoms with Gasteiger partial charge in [0, 0.05) is 25.8 Å². The number of fused-ring (bicyclic) bond motifs is 1. The first-order chi connectivity index (χ1) is 40.2. The first-order valence-corrected chi connectivity index (χ1v) is 28.7. The summed E-state index contributed by atoms with van der Waals surface area (Å²) in [6.07, 6.45) is -1.66. The summed E-state index contributed by atoms with van der Waals surface area (Å²) in [5.41, 5.74) is 12.8. The number of carbonyl (C=O) groups is 12. The fourth-order valence-corrected chi connectivity index (χ4v) is 10.00. The Morgan fingerprint density at radius 2 is 0.847 bits per heavy atom. The van der Waals surface area contributed by atoms with E-state index in [4.69, 9.17) is 11.5 Å². The van der Waals surface area contributed by atoms with E-state index in [9.17, 15) is 62.6 Å². The van der Waals surface area contributed by atoms with Crippen LogP contribution < -0.4 is 59.3 Å². The molecule has 0 spiro atoms. The number of hydrogen-bond acceptors (Lipinski definition) is 13. The molecule has 0 radical (unpaired) electrons. The molecule has 0 aromatic heterocycles. The summed E-state index contributed by atoms with van der Waals surface area (Å²) < 4.78 is 0. The summed E-state index contributed by atoms with van der Waals surface area (Å²) in [6, 6.07) is 8.46. The lowest BCUT2D eigenvalue weighted by molar-refractivity contribution is -0.142. The molecule has 3 aromatic rings. The van der Waals surface area contributed by atoms with Crippen molar-refractivity contribution >= 4 is 70.9 Å². The van der Waals surface area contributed by atoms with Gasteiger partial charge in [-0.15, -0.1) is 0 Å². The molecule has 25 nitrogen and oxygen atoms in total. The zero-order valence-corrected chi connectivity index (χ0v) is 49.1. The van der Waals surface area contributed by atoms with Gasteiger partial charge in [0.25, 0.3) is 0 Å². The van der Waals surface area contributed by atoms with Gasteiger partial charge in [0.2, 0.25) is 70.9 Å². The Bertz CT molecular complexity index is 2870. The fraction of sp³-hybridized carbons (Fsp3) is 0.500. The highest BCUT2D eigenvalue weighted by molar-refractivity contribution is 6.01. The van der Waals surface area contributed by atoms with Crippen LogP contribution in [0.3, 0.4) is 0 Å². The van der Waals surface area contributed by atoms with Crippen LogP contribution >= 0.6 is 0 Å². The SMILES string of the molecule is CC(C)C[C@@H]1NC(=O)[C@H](C)NC(=O)[C@H](C(C)C)NC(=O)[C@H](CC(C)C)NC(=O)[C@H](CC(N)=O)NC(=O)[C@H](CC(N)=O)NC(=O)[C@@H](Cc2ccccc2)NC(=O)[C@H](Cc2ccccc2)NC(=O)[C@@H]2CCCN2C(=O)[C@@H](Cc2ccc(O)cc2)NC1=O. The molecule has 0 unspecified atom stereocenters. The quantitative estimate of drug-likeness (QED) is 0.0898. The highest BCUT2D eigenvalue weighted by Gasteiger charge is 2.41. The molecule has 3 aromatic carbocycles. The Kier molecular flexibility index (Phi) is 24.9. The van der Waals surface area contributed by atoms with Crippen molar-refractivity contribution in [3.05, 3.63) is 102 Å². The van der Waals surface area contributed by atoms with Crippen LogP contribution in [0.2, 0.25) is 0 Å². The van der Waals surface area contributed by atoms with E-state index in [1.807, 2.05) is 13.8 Å². The van der Waals surface area contributed by atoms with Gasteiger partial charge in [-0.05, 0) is 79.2 Å². The molecule has 14 N–H and O–H groups in total. The van der Waals surface area contributed by atoms with Gasteiger partial charge in [0.05, 0.1) is 12.8 Å². The van der Waals surface area contributed by atoms with Gasteiger partial charge < -0.3 is 69.3 Å². The Morgan fingerprint density at radius 1 is 0.471 bits per heavy atom. The van der Waals surface area contributed by atoms with E-state index in [0.717, 1.165) is 0 Å². The molecular formula is C60H82N12O13. The molecule has 0 aliphatic carbocycles. The number of phenols is 1. The minimum Gasteiger partial charge on any atom is -0.508 e. The number of hydrogen-bond donors (Lipinski definition) is 12. The van der Waals surface area contributed by atoms with Gasteiger partial charge in [-0.1, -0.05) is 114 Å². The van der Waals surface area contributed by atoms with E-state index in [2.05, 4.69) is 47.9 Å². The number of aromatic hydroxyl groups is 1. The molecule has 0 saturated carbocycles. The second-order valence-corrected chi connectivity index (χ2v) is 22.9. The number of phenolic OH excluding ortho intramolecular Hbond substituents is 1. The van der Waals surface area contributed by atoms with E-state index in [0.29, 0.717) is 23.1 Å². The largest absolute Gasteiger partial charge is 0.508 e. The first-order valence-electron chi connectivity index (χ1n) is 28.7. The van der Waals surface area contributed by atoms with E-state index >= 15 is 0 Å². The number of amides is 12. The predicted octanol–water partition coefficient (Wildman–Crippen LogP) is -0.693. The number of benzene rings is 3. The van der Waals surface area contributed by atoms with Crippen molar-refractivity contribution in [2.75, 3.05) is 6.54 Å². The van der Waals surface area contributed by atoms with Crippen LogP contribution in [0.15, 0.2) is 84.9 Å². The molecule has 25 heteroatoms. The maximum Gasteiger partial charge on any atom is 0.246 e. The summed E-state index contributed by atoms with van der Waals surface area (Å²) in [5.74, 6) is -12.2. The van der Waals surface area contributed by atoms with Gasteiger partial charge in [-0.25, -0.2) is 0 Å². The molecule has 10 atom stereocenters. The molecule has 460 valence electrons. The molecule has 12 amide bonds. The highest BCUT2D eigenvalue weighted by Crippen LogP contribution is 2.22. The second kappa shape index (κ2) is 31.7. The van der Waals surface area contributed by atoms with Crippen molar-refractivity contribution in [1.29, 1.82) is 0 Å². The van der Waals surface area contributed by atoms with Crippen LogP contribution in [-0.2, 0) is 76.8 Å². The number of rotatable bonds is 15. The summed E-state index contributed by atoms with van der Waals surface area (Å²) in [6.45, 7) is 11.8. The fourth-order valence-electron chi connectivity index (χ4n) is 10.00. The maximum absolute atomic E-state index is 15.0. The molecule has 2 saturated heterocycles. The molecular weight excluding hydrogens is 1100 g/mol. The number of nitrogens with one attached hydrogen (secondary N) is 9. The average molecular weight is 1180 g/mol. The van der Waals surface area contributed by atoms with Crippen LogP contribution in [0.25, 0.3) is 0 Å². The molecule has 2 aliphatic rings. The van der Waals surface area contributed by atoms with Crippen LogP contribution in [0.5, 0.6) is 5.75 Å². The first kappa shape index (κ1) is 66.9. The summed E-state index contributed by atoms with van der Waals surface area (Å²) in [4.78, 5) is 171. The van der Waals surface area contributed by atoms with Crippen molar-refractivity contribution in [2.24, 2.45) is 29.2 Å². The lowest BCUT2D eigenvalue weighted by atomic mass is 9.99. The third-order valence-electron chi connectivity index (χ3n) is 14.4. The van der Waals surface area contributed by atoms with E-state index in [1.54, 1.807) is 100 Å². The Hall–Kier alpha value is -8.90. The Morgan fingerprint density at radius 3 is 1.31 bits per heavy atom. The van der Waals surface area contributed by atoms with E-state index in [-0.39, 0.29) is 62.7 Å². The lowest BCUT2D eigenvalue weighted by Crippen LogP contribution is -2.62. The van der Waals surface area contributed by atoms with Crippen molar-refractivity contribution < 1.29 is 62.6 Å². The molecule has 2 aliphatic heterocycles. The van der Waals surface area contributed by atoms with Crippen molar-refractivity contribution in [2.45, 2.75) is 167 Å². The minimum absolute atomic E-state index is 0.0376. The number of carbonyl (C=O) groups excluding carboxylic acids is 12. The standard InChI is InChI=1S/C60H82N12O13/c1-32(2)25-40-52(77)70-46(29-38-20-22-39(73)23-21-38)60(85)72-24-14-19-47(72)58(83)69-43(28-37-17-12-9-13-18-37)54(79)66-42(27-36-15-10-8-11-16-36)53(78)67-45(31-49(62)75)56(81)68-44(30-48(61)74)55(80)65-41(26-33(3)4)57(82)71-50(34(5)6)59(84)63-35(7)51(76)64-40/h8-13,15-18,20-23,32-35,40-47,50,73H,14,19,24-31H2,1-7H3,(H2,61,74)(H2,62,75)(H,63,84)(H,64,76)(H,65,80)(H,66,79)(H,67,78)(H,68,81)(H,69,83)(H,70,77)(H,71,82)/t35-,40-,41-,42+,43-,44-,45-,46+,47-,50-/m0/s1. The van der Waals surface area contributed by atoms with E-state index in [1.165, 1.54) is 24.0 Å². The smallest absolute Gasteiger partial charge is 0.246 e. The van der Waals surface area contributed by atoms with Gasteiger partial charge in [0.1, 0.15) is 66.2 Å². The van der Waals surface area contributed by atoms with Crippen LogP contribution in [0.4, 0.5) is 0 Å². The topological polar surface area (TPSA) is 389 Å². The summed E-state index contributed by atoms with van der Waals surface area (Å²) >= 11 is 0. The van der Waals surface area contributed by atoms with Crippen molar-refractivity contribution in [3.8, 4) is 5.75 Å². The zero-order chi connectivity index (χ0) is 62.7. The summed E-state index contributed by atoms with van der Waals surface area (Å²) in [5, 5.41) is 33.7. The van der Waals surface area contributed by atoms with Crippen LogP contribution in [-0.4, -0.2) is 148 Å². The average Bonchev–Trinajstić information content (AvgIpc) is 4.16. The Balaban J connectivity index is 1.62. The van der Waals surface area contributed by atoms with E-state index < -0.39 is 150 Å². The lowest BCUT2D eigenvalue weighted by Gasteiger charge is -2.31. The monoisotopic (exact) mass is 1180 g/mol. The molecule has 2 heterocycles. The van der Waals surface area contributed by atoms with Gasteiger partial charge in [0.15, 0.2) is 0 Å². The van der Waals surface area contributed by atoms with Crippen molar-refractivity contribution in [1.82, 2.24) is 52.8 Å². The summed E-state index contributed by atoms with van der Waals surface area (Å²) in [7, 11) is 0. The predicted molar refractivity (Wildman–Crippen MR) is 311 cm³/mol. The number of primary amides is 2. The molecule has 0 bridgehead atoms. The van der Waals surface area contributed by atoms with Crippen LogP contribution in [0.1, 0.15) is 104 Å². The van der Waals surface area contributed by atoms with Crippen LogP contribution in [0, 0.1) is 17.8 Å². The molecule has 2 fully saturated rings. The maximum atomic E-state index is 15.0. The zero-order valence-electron chi connectivity index (χ0n) is 49.1. The third-order valence-corrected chi connectivity index (χ3v) is 14.4. The molecule has 85 heavy (non-hydrogen) atoms. The van der Waals surface area contributed by atoms with Gasteiger partial charge >= 0.3 is 0 Å². The number of nitrogens with zero attached hydrogens (tertiary/aromatic N) is 1. The van der Waals surface area contributed by atoms with Gasteiger partial charge in [-0.3, -0.25) is 57.5 Å². The second-order valence-electron chi connectivity index (χ2n) is 22.9. The molecule has 5 rings (SSSR count). The highest BCUT2D eigenvalue weighted by atomic mass is 16.3. The Labute approximate surface area is 494 Å². The number of nitrogens with two attached hydrogens (primary N) is 2. The van der Waals surface area contributed by atoms with Gasteiger partial charge in [-0.2, -0.15) is 0 Å². The van der Waals surface area contributed by atoms with Crippen molar-refractivity contribution in [3.63, 3.8) is 0 Å².